The van der Waals surface area contributed by atoms with Gasteiger partial charge in [0.15, 0.2) is 0 Å². The number of likely N-dealkylation sites (tertiary alicyclic amines) is 2. The number of alkyl carbamates (subject to hydrolysis) is 1. The lowest BCUT2D eigenvalue weighted by Gasteiger charge is -2.32. The quantitative estimate of drug-likeness (QED) is 0.300. The van der Waals surface area contributed by atoms with Gasteiger partial charge in [0.2, 0.25) is 0 Å². The van der Waals surface area contributed by atoms with Crippen LogP contribution in [0.3, 0.4) is 0 Å². The van der Waals surface area contributed by atoms with E-state index in [1.807, 2.05) is 71.0 Å². The molecule has 2 aliphatic rings. The predicted molar refractivity (Wildman–Crippen MR) is 194 cm³/mol. The molecule has 12 heteroatoms. The zero-order valence-corrected chi connectivity index (χ0v) is 29.7. The van der Waals surface area contributed by atoms with Crippen molar-refractivity contribution in [3.05, 3.63) is 80.6 Å². The number of nitrogens with zero attached hydrogens (tertiary/aromatic N) is 6. The molecule has 0 bridgehead atoms. The molecule has 6 rings (SSSR count). The molecule has 0 saturated carbocycles. The Kier molecular flexibility index (Phi) is 11.8. The molecule has 2 saturated heterocycles. The minimum Gasteiger partial charge on any atom is -0.444 e. The van der Waals surface area contributed by atoms with E-state index in [0.717, 1.165) is 98.4 Å². The van der Waals surface area contributed by atoms with Gasteiger partial charge < -0.3 is 25.6 Å². The summed E-state index contributed by atoms with van der Waals surface area (Å²) in [6.07, 6.45) is 3.49. The van der Waals surface area contributed by atoms with Crippen LogP contribution in [0, 0.1) is 13.8 Å². The van der Waals surface area contributed by atoms with Gasteiger partial charge in [0.1, 0.15) is 16.9 Å². The summed E-state index contributed by atoms with van der Waals surface area (Å²) in [6, 6.07) is 15.3. The van der Waals surface area contributed by atoms with Crippen LogP contribution in [0.25, 0.3) is 22.1 Å². The molecule has 3 N–H and O–H groups in total. The highest BCUT2D eigenvalue weighted by Crippen LogP contribution is 2.15. The predicted octanol–water partition coefficient (Wildman–Crippen LogP) is 3.82. The van der Waals surface area contributed by atoms with Crippen LogP contribution in [0.15, 0.2) is 58.1 Å². The van der Waals surface area contributed by atoms with Crippen molar-refractivity contribution in [1.29, 1.82) is 0 Å². The fourth-order valence-corrected chi connectivity index (χ4v) is 6.38. The highest BCUT2D eigenvalue weighted by molar-refractivity contribution is 5.75. The van der Waals surface area contributed by atoms with Gasteiger partial charge in [0.05, 0.1) is 0 Å². The second-order valence-corrected chi connectivity index (χ2v) is 14.3. The lowest BCUT2D eigenvalue weighted by molar-refractivity contribution is 0.0478. The van der Waals surface area contributed by atoms with Crippen LogP contribution in [0.2, 0.25) is 0 Å². The monoisotopic (exact) mass is 672 g/mol. The number of carbonyl (C=O) groups is 1. The standard InChI is InChI=1S/C21H30N4O3.C16H22N4O/c1-15-5-6-16-7-8-18(26)25(19(16)22-15)14-13-24-11-9-17(10-12-24)23-20(27)28-21(2,3)4;1-12-2-3-13-4-5-15(21)20(16(13)18-12)11-10-19-8-6-14(17)7-9-19/h5-8,17H,9-14H2,1-4H3,(H,23,27);2-5,14H,6-11,17H2,1H3. The van der Waals surface area contributed by atoms with Gasteiger partial charge in [-0.2, -0.15) is 0 Å². The highest BCUT2D eigenvalue weighted by atomic mass is 16.6. The van der Waals surface area contributed by atoms with E-state index in [9.17, 15) is 14.4 Å². The minimum atomic E-state index is -0.483. The maximum absolute atomic E-state index is 12.3. The smallest absolute Gasteiger partial charge is 0.407 e. The number of carbonyl (C=O) groups excluding carboxylic acids is 1. The Balaban J connectivity index is 0.000000199. The molecule has 1 amide bonds. The first-order chi connectivity index (χ1) is 23.3. The average Bonchev–Trinajstić information content (AvgIpc) is 3.05. The number of amides is 1. The van der Waals surface area contributed by atoms with Crippen LogP contribution < -0.4 is 22.2 Å². The van der Waals surface area contributed by atoms with Gasteiger partial charge >= 0.3 is 6.09 Å². The third kappa shape index (κ3) is 10.2. The number of nitrogens with two attached hydrogens (primary N) is 1. The number of ether oxygens (including phenoxy) is 1. The van der Waals surface area contributed by atoms with Crippen molar-refractivity contribution in [2.45, 2.75) is 91.1 Å². The number of aryl methyl sites for hydroxylation is 2. The molecule has 0 aromatic carbocycles. The first kappa shape index (κ1) is 36.2. The van der Waals surface area contributed by atoms with Crippen molar-refractivity contribution >= 4 is 28.2 Å². The van der Waals surface area contributed by atoms with Gasteiger partial charge in [0, 0.05) is 85.6 Å². The van der Waals surface area contributed by atoms with Gasteiger partial charge in [-0.15, -0.1) is 0 Å². The van der Waals surface area contributed by atoms with Crippen molar-refractivity contribution in [2.75, 3.05) is 39.3 Å². The van der Waals surface area contributed by atoms with E-state index in [2.05, 4.69) is 25.1 Å². The topological polar surface area (TPSA) is 141 Å². The highest BCUT2D eigenvalue weighted by Gasteiger charge is 2.24. The molecular weight excluding hydrogens is 620 g/mol. The first-order valence-electron chi connectivity index (χ1n) is 17.5. The number of aromatic nitrogens is 4. The number of fused-ring (bicyclic) bond motifs is 2. The lowest BCUT2D eigenvalue weighted by Crippen LogP contribution is -2.46. The van der Waals surface area contributed by atoms with E-state index >= 15 is 0 Å². The molecule has 49 heavy (non-hydrogen) atoms. The van der Waals surface area contributed by atoms with Gasteiger partial charge in [-0.3, -0.25) is 18.7 Å². The molecule has 6 heterocycles. The first-order valence-corrected chi connectivity index (χ1v) is 17.5. The molecule has 0 unspecified atom stereocenters. The SMILES string of the molecule is Cc1ccc2ccc(=O)n(CCN3CCC(N)CC3)c2n1.Cc1ccc2ccc(=O)n(CCN3CCC(NC(=O)OC(C)(C)C)CC3)c2n1. The van der Waals surface area contributed by atoms with E-state index in [0.29, 0.717) is 19.1 Å². The van der Waals surface area contributed by atoms with Crippen molar-refractivity contribution in [2.24, 2.45) is 5.73 Å². The molecule has 0 atom stereocenters. The molecule has 0 radical (unpaired) electrons. The van der Waals surface area contributed by atoms with E-state index < -0.39 is 5.60 Å². The molecule has 4 aromatic heterocycles. The van der Waals surface area contributed by atoms with Gasteiger partial charge in [-0.25, -0.2) is 14.8 Å². The summed E-state index contributed by atoms with van der Waals surface area (Å²) in [5.74, 6) is 0. The molecule has 4 aromatic rings. The van der Waals surface area contributed by atoms with Crippen LogP contribution in [0.1, 0.15) is 57.8 Å². The summed E-state index contributed by atoms with van der Waals surface area (Å²) in [7, 11) is 0. The van der Waals surface area contributed by atoms with Gasteiger partial charge in [-0.05, 0) is 110 Å². The summed E-state index contributed by atoms with van der Waals surface area (Å²) in [4.78, 5) is 50.2. The molecule has 12 nitrogen and oxygen atoms in total. The van der Waals surface area contributed by atoms with E-state index in [4.69, 9.17) is 10.5 Å². The number of hydrogen-bond acceptors (Lipinski definition) is 9. The van der Waals surface area contributed by atoms with Crippen molar-refractivity contribution in [3.8, 4) is 0 Å². The normalized spacial score (nSPS) is 16.8. The number of nitrogens with one attached hydrogen (secondary N) is 1. The van der Waals surface area contributed by atoms with Crippen LogP contribution in [0.4, 0.5) is 4.79 Å². The lowest BCUT2D eigenvalue weighted by atomic mass is 10.1. The summed E-state index contributed by atoms with van der Waals surface area (Å²) in [5.41, 5.74) is 8.82. The Morgan fingerprint density at radius 3 is 1.61 bits per heavy atom. The number of pyridine rings is 4. The maximum atomic E-state index is 12.3. The van der Waals surface area contributed by atoms with Crippen molar-refractivity contribution < 1.29 is 9.53 Å². The second-order valence-electron chi connectivity index (χ2n) is 14.3. The van der Waals surface area contributed by atoms with Crippen molar-refractivity contribution in [1.82, 2.24) is 34.2 Å². The van der Waals surface area contributed by atoms with E-state index in [1.54, 1.807) is 21.3 Å². The Labute approximate surface area is 288 Å². The Hall–Kier alpha value is -4.13. The fraction of sp³-hybridized carbons (Fsp3) is 0.541. The summed E-state index contributed by atoms with van der Waals surface area (Å²) in [5, 5.41) is 4.95. The molecule has 2 fully saturated rings. The van der Waals surface area contributed by atoms with E-state index in [-0.39, 0.29) is 23.3 Å². The largest absolute Gasteiger partial charge is 0.444 e. The molecule has 2 aliphatic heterocycles. The van der Waals surface area contributed by atoms with Gasteiger partial charge in [0.25, 0.3) is 11.1 Å². The second kappa shape index (κ2) is 16.1. The number of hydrogen-bond donors (Lipinski definition) is 2. The zero-order chi connectivity index (χ0) is 35.1. The fourth-order valence-electron chi connectivity index (χ4n) is 6.38. The number of piperidine rings is 2. The van der Waals surface area contributed by atoms with Crippen LogP contribution in [-0.2, 0) is 17.8 Å². The molecule has 0 spiro atoms. The van der Waals surface area contributed by atoms with Crippen LogP contribution in [-0.4, -0.2) is 91.9 Å². The van der Waals surface area contributed by atoms with Crippen LogP contribution in [0.5, 0.6) is 0 Å². The zero-order valence-electron chi connectivity index (χ0n) is 29.7. The Morgan fingerprint density at radius 2 is 1.16 bits per heavy atom. The van der Waals surface area contributed by atoms with E-state index in [1.165, 1.54) is 0 Å². The average molecular weight is 673 g/mol. The van der Waals surface area contributed by atoms with Crippen molar-refractivity contribution in [3.63, 3.8) is 0 Å². The van der Waals surface area contributed by atoms with Gasteiger partial charge in [-0.1, -0.05) is 0 Å². The Morgan fingerprint density at radius 1 is 0.735 bits per heavy atom. The molecular formula is C37H52N8O4. The van der Waals surface area contributed by atoms with Crippen LogP contribution >= 0.6 is 0 Å². The minimum absolute atomic E-state index is 0.0212. The molecule has 264 valence electrons. The third-order valence-electron chi connectivity index (χ3n) is 9.16. The molecule has 0 aliphatic carbocycles. The Bertz CT molecular complexity index is 1850. The summed E-state index contributed by atoms with van der Waals surface area (Å²) in [6.45, 7) is 16.2. The summed E-state index contributed by atoms with van der Waals surface area (Å²) >= 11 is 0. The third-order valence-corrected chi connectivity index (χ3v) is 9.16. The number of rotatable bonds is 7. The maximum Gasteiger partial charge on any atom is 0.407 e. The summed E-state index contributed by atoms with van der Waals surface area (Å²) < 4.78 is 8.87.